The van der Waals surface area contributed by atoms with Gasteiger partial charge in [-0.25, -0.2) is 4.39 Å². The molecule has 0 aliphatic heterocycles. The lowest BCUT2D eigenvalue weighted by atomic mass is 9.72. The summed E-state index contributed by atoms with van der Waals surface area (Å²) in [6.07, 6.45) is 3.63. The standard InChI is InChI=1S/C17H26FNO/c1-11-7-12(2)9-13(8-11)17(19-3)15-6-5-14(20-4)10-16(15)18/h5-6,10-13,17,19H,7-9H2,1-4H3. The summed E-state index contributed by atoms with van der Waals surface area (Å²) in [6, 6.07) is 5.28. The number of ether oxygens (including phenoxy) is 1. The highest BCUT2D eigenvalue weighted by Gasteiger charge is 2.31. The lowest BCUT2D eigenvalue weighted by Crippen LogP contribution is -2.32. The van der Waals surface area contributed by atoms with Crippen molar-refractivity contribution in [2.45, 2.75) is 39.2 Å². The molecule has 1 aliphatic carbocycles. The molecule has 0 amide bonds. The van der Waals surface area contributed by atoms with Gasteiger partial charge in [0.15, 0.2) is 0 Å². The number of halogens is 1. The summed E-state index contributed by atoms with van der Waals surface area (Å²) >= 11 is 0. The van der Waals surface area contributed by atoms with E-state index in [-0.39, 0.29) is 11.9 Å². The maximum absolute atomic E-state index is 14.3. The molecule has 112 valence electrons. The van der Waals surface area contributed by atoms with E-state index in [9.17, 15) is 4.39 Å². The third kappa shape index (κ3) is 3.32. The highest BCUT2D eigenvalue weighted by Crippen LogP contribution is 2.40. The maximum atomic E-state index is 14.3. The van der Waals surface area contributed by atoms with E-state index in [1.807, 2.05) is 19.2 Å². The molecule has 1 aromatic rings. The normalized spacial score (nSPS) is 28.1. The SMILES string of the molecule is CNC(c1ccc(OC)cc1F)C1CC(C)CC(C)C1. The molecule has 0 heterocycles. The van der Waals surface area contributed by atoms with Crippen LogP contribution in [0.4, 0.5) is 4.39 Å². The number of rotatable bonds is 4. The topological polar surface area (TPSA) is 21.3 Å². The van der Waals surface area contributed by atoms with Gasteiger partial charge in [0.2, 0.25) is 0 Å². The Bertz CT molecular complexity index is 439. The number of benzene rings is 1. The second-order valence-corrected chi connectivity index (χ2v) is 6.33. The van der Waals surface area contributed by atoms with Crippen LogP contribution in [0, 0.1) is 23.6 Å². The van der Waals surface area contributed by atoms with Crippen molar-refractivity contribution in [3.05, 3.63) is 29.6 Å². The molecule has 0 radical (unpaired) electrons. The van der Waals surface area contributed by atoms with Gasteiger partial charge in [-0.2, -0.15) is 0 Å². The van der Waals surface area contributed by atoms with Crippen molar-refractivity contribution >= 4 is 0 Å². The molecule has 3 unspecified atom stereocenters. The van der Waals surface area contributed by atoms with Gasteiger partial charge in [0, 0.05) is 17.7 Å². The minimum absolute atomic E-state index is 0.0890. The summed E-state index contributed by atoms with van der Waals surface area (Å²) in [4.78, 5) is 0. The van der Waals surface area contributed by atoms with E-state index in [2.05, 4.69) is 19.2 Å². The largest absolute Gasteiger partial charge is 0.497 e. The number of hydrogen-bond donors (Lipinski definition) is 1. The molecule has 0 spiro atoms. The first-order chi connectivity index (χ1) is 9.55. The van der Waals surface area contributed by atoms with Crippen LogP contribution in [0.2, 0.25) is 0 Å². The van der Waals surface area contributed by atoms with Crippen LogP contribution in [-0.4, -0.2) is 14.2 Å². The van der Waals surface area contributed by atoms with Crippen molar-refractivity contribution in [3.8, 4) is 5.75 Å². The van der Waals surface area contributed by atoms with Gasteiger partial charge in [0.05, 0.1) is 7.11 Å². The first kappa shape index (κ1) is 15.3. The number of methoxy groups -OCH3 is 1. The van der Waals surface area contributed by atoms with Crippen molar-refractivity contribution < 1.29 is 9.13 Å². The molecule has 0 aromatic heterocycles. The van der Waals surface area contributed by atoms with Crippen molar-refractivity contribution in [2.75, 3.05) is 14.2 Å². The summed E-state index contributed by atoms with van der Waals surface area (Å²) in [5, 5.41) is 3.33. The third-order valence-electron chi connectivity index (χ3n) is 4.54. The molecule has 1 aromatic carbocycles. The van der Waals surface area contributed by atoms with E-state index in [1.165, 1.54) is 25.3 Å². The summed E-state index contributed by atoms with van der Waals surface area (Å²) in [7, 11) is 3.49. The highest BCUT2D eigenvalue weighted by atomic mass is 19.1. The van der Waals surface area contributed by atoms with Crippen LogP contribution in [0.15, 0.2) is 18.2 Å². The van der Waals surface area contributed by atoms with E-state index < -0.39 is 0 Å². The maximum Gasteiger partial charge on any atom is 0.131 e. The Morgan fingerprint density at radius 3 is 2.35 bits per heavy atom. The van der Waals surface area contributed by atoms with E-state index >= 15 is 0 Å². The van der Waals surface area contributed by atoms with Crippen LogP contribution in [-0.2, 0) is 0 Å². The van der Waals surface area contributed by atoms with Gasteiger partial charge in [0.25, 0.3) is 0 Å². The van der Waals surface area contributed by atoms with Crippen LogP contribution in [0.3, 0.4) is 0 Å². The Balaban J connectivity index is 2.23. The van der Waals surface area contributed by atoms with Gasteiger partial charge in [-0.3, -0.25) is 0 Å². The Morgan fingerprint density at radius 1 is 1.20 bits per heavy atom. The summed E-state index contributed by atoms with van der Waals surface area (Å²) in [5.41, 5.74) is 0.764. The summed E-state index contributed by atoms with van der Waals surface area (Å²) in [6.45, 7) is 4.61. The zero-order valence-corrected chi connectivity index (χ0v) is 12.9. The predicted molar refractivity (Wildman–Crippen MR) is 80.4 cm³/mol. The van der Waals surface area contributed by atoms with E-state index in [0.717, 1.165) is 17.4 Å². The van der Waals surface area contributed by atoms with E-state index in [0.29, 0.717) is 11.7 Å². The molecular weight excluding hydrogens is 253 g/mol. The minimum Gasteiger partial charge on any atom is -0.497 e. The number of nitrogens with one attached hydrogen (secondary N) is 1. The molecule has 3 heteroatoms. The fourth-order valence-corrected chi connectivity index (χ4v) is 3.81. The average Bonchev–Trinajstić information content (AvgIpc) is 2.40. The minimum atomic E-state index is -0.172. The van der Waals surface area contributed by atoms with Crippen LogP contribution in [0.1, 0.15) is 44.7 Å². The molecule has 1 fully saturated rings. The third-order valence-corrected chi connectivity index (χ3v) is 4.54. The second-order valence-electron chi connectivity index (χ2n) is 6.33. The molecule has 1 aliphatic rings. The Kier molecular flexibility index (Phi) is 5.03. The first-order valence-electron chi connectivity index (χ1n) is 7.55. The summed E-state index contributed by atoms with van der Waals surface area (Å²) in [5.74, 6) is 2.35. The molecule has 3 atom stereocenters. The monoisotopic (exact) mass is 279 g/mol. The van der Waals surface area contributed by atoms with Crippen molar-refractivity contribution in [1.29, 1.82) is 0 Å². The van der Waals surface area contributed by atoms with Gasteiger partial charge in [-0.05, 0) is 50.1 Å². The van der Waals surface area contributed by atoms with Crippen molar-refractivity contribution in [1.82, 2.24) is 5.32 Å². The van der Waals surface area contributed by atoms with Gasteiger partial charge < -0.3 is 10.1 Å². The quantitative estimate of drug-likeness (QED) is 0.893. The molecule has 0 saturated heterocycles. The van der Waals surface area contributed by atoms with Gasteiger partial charge >= 0.3 is 0 Å². The zero-order chi connectivity index (χ0) is 14.7. The Morgan fingerprint density at radius 2 is 1.85 bits per heavy atom. The van der Waals surface area contributed by atoms with E-state index in [4.69, 9.17) is 4.74 Å². The van der Waals surface area contributed by atoms with E-state index in [1.54, 1.807) is 7.11 Å². The molecule has 2 nitrogen and oxygen atoms in total. The van der Waals surface area contributed by atoms with Crippen molar-refractivity contribution in [2.24, 2.45) is 17.8 Å². The van der Waals surface area contributed by atoms with Gasteiger partial charge in [-0.1, -0.05) is 19.9 Å². The molecule has 2 rings (SSSR count). The lowest BCUT2D eigenvalue weighted by Gasteiger charge is -2.36. The Labute approximate surface area is 121 Å². The van der Waals surface area contributed by atoms with Crippen LogP contribution < -0.4 is 10.1 Å². The highest BCUT2D eigenvalue weighted by molar-refractivity contribution is 5.31. The van der Waals surface area contributed by atoms with Crippen molar-refractivity contribution in [3.63, 3.8) is 0 Å². The van der Waals surface area contributed by atoms with Gasteiger partial charge in [0.1, 0.15) is 11.6 Å². The zero-order valence-electron chi connectivity index (χ0n) is 12.9. The first-order valence-corrected chi connectivity index (χ1v) is 7.55. The summed E-state index contributed by atoms with van der Waals surface area (Å²) < 4.78 is 19.4. The van der Waals surface area contributed by atoms with Gasteiger partial charge in [-0.15, -0.1) is 0 Å². The molecule has 1 N–H and O–H groups in total. The second kappa shape index (κ2) is 6.57. The fourth-order valence-electron chi connectivity index (χ4n) is 3.81. The molecule has 20 heavy (non-hydrogen) atoms. The molecule has 0 bridgehead atoms. The fraction of sp³-hybridized carbons (Fsp3) is 0.647. The van der Waals surface area contributed by atoms with Crippen LogP contribution in [0.5, 0.6) is 5.75 Å². The Hall–Kier alpha value is -1.09. The number of hydrogen-bond acceptors (Lipinski definition) is 2. The predicted octanol–water partition coefficient (Wildman–Crippen LogP) is 4.17. The van der Waals surface area contributed by atoms with Crippen LogP contribution >= 0.6 is 0 Å². The molecular formula is C17H26FNO. The smallest absolute Gasteiger partial charge is 0.131 e. The lowest BCUT2D eigenvalue weighted by molar-refractivity contribution is 0.178. The average molecular weight is 279 g/mol. The van der Waals surface area contributed by atoms with Crippen LogP contribution in [0.25, 0.3) is 0 Å². The molecule has 1 saturated carbocycles.